The number of amides is 1. The first-order valence-corrected chi connectivity index (χ1v) is 12.0. The van der Waals surface area contributed by atoms with Gasteiger partial charge in [-0.05, 0) is 49.8 Å². The van der Waals surface area contributed by atoms with Crippen LogP contribution in [0.1, 0.15) is 25.7 Å². The lowest BCUT2D eigenvalue weighted by atomic mass is 9.94. The lowest BCUT2D eigenvalue weighted by Crippen LogP contribution is -2.45. The van der Waals surface area contributed by atoms with Crippen molar-refractivity contribution in [2.24, 2.45) is 11.8 Å². The third kappa shape index (κ3) is 6.63. The summed E-state index contributed by atoms with van der Waals surface area (Å²) in [6, 6.07) is 7.90. The van der Waals surface area contributed by atoms with Gasteiger partial charge in [-0.3, -0.25) is 4.79 Å². The second kappa shape index (κ2) is 11.7. The summed E-state index contributed by atoms with van der Waals surface area (Å²) in [5.41, 5.74) is 1.47. The number of carbonyl (C=O) groups is 1. The highest BCUT2D eigenvalue weighted by Gasteiger charge is 2.26. The molecule has 2 atom stereocenters. The predicted molar refractivity (Wildman–Crippen MR) is 130 cm³/mol. The average molecular weight is 474 g/mol. The first kappa shape index (κ1) is 23.9. The van der Waals surface area contributed by atoms with Crippen LogP contribution >= 0.6 is 11.6 Å². The Hall–Kier alpha value is -2.26. The molecule has 0 unspecified atom stereocenters. The molecule has 2 aliphatic heterocycles. The third-order valence-corrected chi connectivity index (χ3v) is 6.60. The standard InChI is InChI=1S/C24H32ClN5O3/c1-32-15-18-6-5-17(13-26-18)24(31)30-23-11-19(20(25)14-28-23)21-3-2-4-22(29-21)27-12-16-7-9-33-10-8-16/h2-4,11,14,16-18,26H,5-10,12-13,15H2,1H3,(H,27,29)(H,28,30,31)/t17-,18+/m1/s1. The van der Waals surface area contributed by atoms with E-state index in [1.165, 1.54) is 0 Å². The van der Waals surface area contributed by atoms with E-state index >= 15 is 0 Å². The summed E-state index contributed by atoms with van der Waals surface area (Å²) in [5, 5.41) is 10.2. The van der Waals surface area contributed by atoms with Gasteiger partial charge in [-0.15, -0.1) is 0 Å². The molecule has 1 amide bonds. The molecule has 2 aromatic heterocycles. The van der Waals surface area contributed by atoms with Crippen LogP contribution in [0.15, 0.2) is 30.5 Å². The number of halogens is 1. The topological polar surface area (TPSA) is 97.4 Å². The van der Waals surface area contributed by atoms with E-state index in [9.17, 15) is 4.79 Å². The Kier molecular flexibility index (Phi) is 8.50. The zero-order valence-corrected chi connectivity index (χ0v) is 19.7. The molecule has 2 aliphatic rings. The smallest absolute Gasteiger partial charge is 0.229 e. The van der Waals surface area contributed by atoms with E-state index in [1.54, 1.807) is 19.4 Å². The Balaban J connectivity index is 1.39. The van der Waals surface area contributed by atoms with Gasteiger partial charge in [0.1, 0.15) is 11.6 Å². The lowest BCUT2D eigenvalue weighted by Gasteiger charge is -2.28. The average Bonchev–Trinajstić information content (AvgIpc) is 2.85. The van der Waals surface area contributed by atoms with Gasteiger partial charge in [0.2, 0.25) is 5.91 Å². The lowest BCUT2D eigenvalue weighted by molar-refractivity contribution is -0.120. The van der Waals surface area contributed by atoms with Crippen LogP contribution in [0.3, 0.4) is 0 Å². The minimum absolute atomic E-state index is 0.0426. The van der Waals surface area contributed by atoms with Crippen molar-refractivity contribution in [3.8, 4) is 11.3 Å². The van der Waals surface area contributed by atoms with Crippen LogP contribution in [0.2, 0.25) is 5.02 Å². The molecular formula is C24H32ClN5O3. The van der Waals surface area contributed by atoms with E-state index in [1.807, 2.05) is 18.2 Å². The van der Waals surface area contributed by atoms with E-state index in [0.717, 1.165) is 62.5 Å². The van der Waals surface area contributed by atoms with Gasteiger partial charge in [0.15, 0.2) is 0 Å². The van der Waals surface area contributed by atoms with Gasteiger partial charge in [-0.25, -0.2) is 9.97 Å². The predicted octanol–water partition coefficient (Wildman–Crippen LogP) is 3.59. The largest absolute Gasteiger partial charge is 0.383 e. The molecule has 4 heterocycles. The molecule has 3 N–H and O–H groups in total. The van der Waals surface area contributed by atoms with Gasteiger partial charge in [-0.2, -0.15) is 0 Å². The minimum Gasteiger partial charge on any atom is -0.383 e. The van der Waals surface area contributed by atoms with Gasteiger partial charge >= 0.3 is 0 Å². The second-order valence-corrected chi connectivity index (χ2v) is 9.13. The maximum atomic E-state index is 12.8. The van der Waals surface area contributed by atoms with Gasteiger partial charge in [-0.1, -0.05) is 17.7 Å². The van der Waals surface area contributed by atoms with Crippen molar-refractivity contribution in [2.45, 2.75) is 31.7 Å². The fourth-order valence-electron chi connectivity index (χ4n) is 4.30. The number of aromatic nitrogens is 2. The van der Waals surface area contributed by atoms with Crippen molar-refractivity contribution in [1.29, 1.82) is 0 Å². The van der Waals surface area contributed by atoms with Crippen molar-refractivity contribution in [1.82, 2.24) is 15.3 Å². The highest BCUT2D eigenvalue weighted by atomic mass is 35.5. The second-order valence-electron chi connectivity index (χ2n) is 8.72. The summed E-state index contributed by atoms with van der Waals surface area (Å²) >= 11 is 6.44. The molecule has 2 aromatic rings. The van der Waals surface area contributed by atoms with Crippen LogP contribution in [-0.2, 0) is 14.3 Å². The number of methoxy groups -OCH3 is 1. The van der Waals surface area contributed by atoms with E-state index in [4.69, 9.17) is 26.1 Å². The van der Waals surface area contributed by atoms with Gasteiger partial charge in [0, 0.05) is 51.2 Å². The summed E-state index contributed by atoms with van der Waals surface area (Å²) in [6.07, 6.45) is 5.41. The molecule has 2 fully saturated rings. The summed E-state index contributed by atoms with van der Waals surface area (Å²) < 4.78 is 10.6. The molecule has 0 radical (unpaired) electrons. The fraction of sp³-hybridized carbons (Fsp3) is 0.542. The number of rotatable bonds is 8. The number of carbonyl (C=O) groups excluding carboxylic acids is 1. The molecule has 4 rings (SSSR count). The first-order chi connectivity index (χ1) is 16.1. The van der Waals surface area contributed by atoms with Gasteiger partial charge in [0.05, 0.1) is 23.2 Å². The van der Waals surface area contributed by atoms with Gasteiger partial charge in [0.25, 0.3) is 0 Å². The number of piperidine rings is 1. The van der Waals surface area contributed by atoms with Gasteiger partial charge < -0.3 is 25.4 Å². The number of anilines is 2. The number of pyridine rings is 2. The van der Waals surface area contributed by atoms with E-state index in [0.29, 0.717) is 36.0 Å². The van der Waals surface area contributed by atoms with Crippen LogP contribution in [0.25, 0.3) is 11.3 Å². The Labute approximate surface area is 199 Å². The summed E-state index contributed by atoms with van der Waals surface area (Å²) in [6.45, 7) is 3.80. The summed E-state index contributed by atoms with van der Waals surface area (Å²) in [4.78, 5) is 21.8. The maximum Gasteiger partial charge on any atom is 0.229 e. The van der Waals surface area contributed by atoms with Crippen LogP contribution in [-0.4, -0.2) is 61.9 Å². The number of hydrogen-bond donors (Lipinski definition) is 3. The molecule has 0 aliphatic carbocycles. The SMILES string of the molecule is COC[C@@H]1CC[C@@H](C(=O)Nc2cc(-c3cccc(NCC4CCOCC4)n3)c(Cl)cn2)CN1. The molecule has 0 bridgehead atoms. The quantitative estimate of drug-likeness (QED) is 0.539. The first-order valence-electron chi connectivity index (χ1n) is 11.6. The molecule has 33 heavy (non-hydrogen) atoms. The van der Waals surface area contributed by atoms with E-state index in [2.05, 4.69) is 20.9 Å². The van der Waals surface area contributed by atoms with E-state index < -0.39 is 0 Å². The molecular weight excluding hydrogens is 442 g/mol. The van der Waals surface area contributed by atoms with Crippen LogP contribution < -0.4 is 16.0 Å². The number of nitrogens with one attached hydrogen (secondary N) is 3. The molecule has 8 nitrogen and oxygen atoms in total. The molecule has 2 saturated heterocycles. The number of ether oxygens (including phenoxy) is 2. The zero-order chi connectivity index (χ0) is 23.0. The molecule has 9 heteroatoms. The maximum absolute atomic E-state index is 12.8. The van der Waals surface area contributed by atoms with E-state index in [-0.39, 0.29) is 11.8 Å². The summed E-state index contributed by atoms with van der Waals surface area (Å²) in [5.74, 6) is 1.72. The van der Waals surface area contributed by atoms with Crippen LogP contribution in [0, 0.1) is 11.8 Å². The summed E-state index contributed by atoms with van der Waals surface area (Å²) in [7, 11) is 1.69. The number of hydrogen-bond acceptors (Lipinski definition) is 7. The van der Waals surface area contributed by atoms with Crippen molar-refractivity contribution in [3.05, 3.63) is 35.5 Å². The molecule has 178 valence electrons. The highest BCUT2D eigenvalue weighted by Crippen LogP contribution is 2.29. The Morgan fingerprint density at radius 3 is 2.85 bits per heavy atom. The van der Waals surface area contributed by atoms with Crippen molar-refractivity contribution < 1.29 is 14.3 Å². The van der Waals surface area contributed by atoms with Crippen molar-refractivity contribution >= 4 is 29.1 Å². The zero-order valence-electron chi connectivity index (χ0n) is 19.0. The Morgan fingerprint density at radius 1 is 1.24 bits per heavy atom. The molecule has 0 saturated carbocycles. The highest BCUT2D eigenvalue weighted by molar-refractivity contribution is 6.33. The molecule has 0 spiro atoms. The Bertz CT molecular complexity index is 930. The van der Waals surface area contributed by atoms with Crippen molar-refractivity contribution in [3.63, 3.8) is 0 Å². The van der Waals surface area contributed by atoms with Crippen molar-refractivity contribution in [2.75, 3.05) is 50.7 Å². The normalized spacial score (nSPS) is 21.5. The monoisotopic (exact) mass is 473 g/mol. The Morgan fingerprint density at radius 2 is 2.09 bits per heavy atom. The molecule has 0 aromatic carbocycles. The third-order valence-electron chi connectivity index (χ3n) is 6.30. The van der Waals surface area contributed by atoms with Crippen LogP contribution in [0.4, 0.5) is 11.6 Å². The van der Waals surface area contributed by atoms with Crippen LogP contribution in [0.5, 0.6) is 0 Å². The number of nitrogens with zero attached hydrogens (tertiary/aromatic N) is 2. The fourth-order valence-corrected chi connectivity index (χ4v) is 4.50. The minimum atomic E-state index is -0.102.